The van der Waals surface area contributed by atoms with Gasteiger partial charge in [0.1, 0.15) is 0 Å². The fourth-order valence-corrected chi connectivity index (χ4v) is 1.33. The molecule has 0 saturated heterocycles. The van der Waals surface area contributed by atoms with Gasteiger partial charge in [0.25, 0.3) is 0 Å². The van der Waals surface area contributed by atoms with Gasteiger partial charge in [-0.1, -0.05) is 23.2 Å². The second-order valence-corrected chi connectivity index (χ2v) is 4.17. The van der Waals surface area contributed by atoms with Crippen LogP contribution in [0.4, 0.5) is 5.69 Å². The zero-order chi connectivity index (χ0) is 10.6. The summed E-state index contributed by atoms with van der Waals surface area (Å²) in [5.41, 5.74) is 1.00. The molecule has 0 heterocycles. The van der Waals surface area contributed by atoms with Gasteiger partial charge in [0.05, 0.1) is 10.0 Å². The number of nitrogens with zero attached hydrogens (tertiary/aromatic N) is 1. The van der Waals surface area contributed by atoms with Gasteiger partial charge in [-0.05, 0) is 32.3 Å². The van der Waals surface area contributed by atoms with Gasteiger partial charge < -0.3 is 10.2 Å². The Morgan fingerprint density at radius 3 is 2.50 bits per heavy atom. The molecule has 0 radical (unpaired) electrons. The molecule has 0 amide bonds. The lowest BCUT2D eigenvalue weighted by Crippen LogP contribution is -2.20. The van der Waals surface area contributed by atoms with Crippen molar-refractivity contribution in [2.75, 3.05) is 32.5 Å². The Hall–Kier alpha value is -0.440. The third-order valence-electron chi connectivity index (χ3n) is 1.81. The van der Waals surface area contributed by atoms with Crippen LogP contribution in [0.1, 0.15) is 0 Å². The van der Waals surface area contributed by atoms with Crippen LogP contribution in [-0.4, -0.2) is 32.1 Å². The van der Waals surface area contributed by atoms with Crippen LogP contribution in [0.25, 0.3) is 0 Å². The van der Waals surface area contributed by atoms with E-state index in [-0.39, 0.29) is 0 Å². The number of likely N-dealkylation sites (N-methyl/N-ethyl adjacent to an activating group) is 1. The van der Waals surface area contributed by atoms with Crippen LogP contribution in [0.5, 0.6) is 0 Å². The summed E-state index contributed by atoms with van der Waals surface area (Å²) < 4.78 is 0. The summed E-state index contributed by atoms with van der Waals surface area (Å²) in [5.74, 6) is 0. The molecule has 4 heteroatoms. The first-order valence-electron chi connectivity index (χ1n) is 4.43. The number of benzene rings is 1. The number of nitrogens with one attached hydrogen (secondary N) is 1. The van der Waals surface area contributed by atoms with Crippen LogP contribution in [-0.2, 0) is 0 Å². The third kappa shape index (κ3) is 3.74. The molecule has 0 atom stereocenters. The fraction of sp³-hybridized carbons (Fsp3) is 0.400. The number of hydrogen-bond acceptors (Lipinski definition) is 2. The first-order chi connectivity index (χ1) is 6.59. The first-order valence-corrected chi connectivity index (χ1v) is 5.19. The van der Waals surface area contributed by atoms with Crippen LogP contribution in [0, 0.1) is 0 Å². The van der Waals surface area contributed by atoms with Crippen LogP contribution in [0.3, 0.4) is 0 Å². The van der Waals surface area contributed by atoms with Crippen LogP contribution >= 0.6 is 23.2 Å². The predicted molar refractivity (Wildman–Crippen MR) is 63.5 cm³/mol. The summed E-state index contributed by atoms with van der Waals surface area (Å²) in [6.45, 7) is 1.88. The Morgan fingerprint density at radius 2 is 1.93 bits per heavy atom. The third-order valence-corrected chi connectivity index (χ3v) is 2.55. The molecular weight excluding hydrogens is 219 g/mol. The molecule has 1 aromatic carbocycles. The second-order valence-electron chi connectivity index (χ2n) is 3.36. The van der Waals surface area contributed by atoms with E-state index in [0.717, 1.165) is 18.8 Å². The highest BCUT2D eigenvalue weighted by atomic mass is 35.5. The highest BCUT2D eigenvalue weighted by Gasteiger charge is 1.98. The molecule has 0 bridgehead atoms. The van der Waals surface area contributed by atoms with E-state index < -0.39 is 0 Å². The molecule has 1 aromatic rings. The van der Waals surface area contributed by atoms with Crippen molar-refractivity contribution in [3.63, 3.8) is 0 Å². The molecule has 0 aliphatic heterocycles. The lowest BCUT2D eigenvalue weighted by atomic mass is 10.3. The lowest BCUT2D eigenvalue weighted by Gasteiger charge is -2.11. The molecular formula is C10H14Cl2N2. The van der Waals surface area contributed by atoms with Gasteiger partial charge in [-0.15, -0.1) is 0 Å². The van der Waals surface area contributed by atoms with Crippen molar-refractivity contribution in [1.29, 1.82) is 0 Å². The lowest BCUT2D eigenvalue weighted by molar-refractivity contribution is 0.425. The maximum absolute atomic E-state index is 5.87. The van der Waals surface area contributed by atoms with Crippen molar-refractivity contribution < 1.29 is 0 Å². The first kappa shape index (κ1) is 11.6. The zero-order valence-corrected chi connectivity index (χ0v) is 9.86. The molecule has 14 heavy (non-hydrogen) atoms. The van der Waals surface area contributed by atoms with Crippen molar-refractivity contribution in [1.82, 2.24) is 4.90 Å². The van der Waals surface area contributed by atoms with E-state index in [0.29, 0.717) is 10.0 Å². The van der Waals surface area contributed by atoms with Gasteiger partial charge in [-0.2, -0.15) is 0 Å². The predicted octanol–water partition coefficient (Wildman–Crippen LogP) is 2.97. The zero-order valence-electron chi connectivity index (χ0n) is 8.35. The molecule has 0 aromatic heterocycles. The maximum atomic E-state index is 5.87. The van der Waals surface area contributed by atoms with E-state index in [1.165, 1.54) is 0 Å². The summed E-state index contributed by atoms with van der Waals surface area (Å²) >= 11 is 11.7. The van der Waals surface area contributed by atoms with Gasteiger partial charge >= 0.3 is 0 Å². The quantitative estimate of drug-likeness (QED) is 0.859. The number of anilines is 1. The Labute approximate surface area is 94.8 Å². The van der Waals surface area contributed by atoms with E-state index >= 15 is 0 Å². The monoisotopic (exact) mass is 232 g/mol. The van der Waals surface area contributed by atoms with Crippen LogP contribution < -0.4 is 5.32 Å². The fourth-order valence-electron chi connectivity index (χ4n) is 1.03. The van der Waals surface area contributed by atoms with Crippen LogP contribution in [0.15, 0.2) is 18.2 Å². The largest absolute Gasteiger partial charge is 0.384 e. The normalized spacial score (nSPS) is 10.6. The Bertz CT molecular complexity index is 300. The molecule has 0 aliphatic rings. The van der Waals surface area contributed by atoms with Crippen molar-refractivity contribution >= 4 is 28.9 Å². The van der Waals surface area contributed by atoms with E-state index in [2.05, 4.69) is 10.2 Å². The summed E-state index contributed by atoms with van der Waals surface area (Å²) in [6.07, 6.45) is 0. The minimum atomic E-state index is 0.585. The topological polar surface area (TPSA) is 15.3 Å². The van der Waals surface area contributed by atoms with Crippen molar-refractivity contribution in [2.45, 2.75) is 0 Å². The van der Waals surface area contributed by atoms with Gasteiger partial charge in [-0.3, -0.25) is 0 Å². The SMILES string of the molecule is CN(C)CCNc1ccc(Cl)c(Cl)c1. The Balaban J connectivity index is 2.47. The van der Waals surface area contributed by atoms with E-state index in [4.69, 9.17) is 23.2 Å². The molecule has 1 N–H and O–H groups in total. The van der Waals surface area contributed by atoms with E-state index in [9.17, 15) is 0 Å². The standard InChI is InChI=1S/C10H14Cl2N2/c1-14(2)6-5-13-8-3-4-9(11)10(12)7-8/h3-4,7,13H,5-6H2,1-2H3. The number of hydrogen-bond donors (Lipinski definition) is 1. The van der Waals surface area contributed by atoms with Crippen LogP contribution in [0.2, 0.25) is 10.0 Å². The Morgan fingerprint density at radius 1 is 1.21 bits per heavy atom. The average molecular weight is 233 g/mol. The van der Waals surface area contributed by atoms with E-state index in [1.807, 2.05) is 26.2 Å². The number of halogens is 2. The van der Waals surface area contributed by atoms with Gasteiger partial charge in [-0.25, -0.2) is 0 Å². The molecule has 0 saturated carbocycles. The molecule has 2 nitrogen and oxygen atoms in total. The number of rotatable bonds is 4. The highest BCUT2D eigenvalue weighted by Crippen LogP contribution is 2.24. The smallest absolute Gasteiger partial charge is 0.0612 e. The summed E-state index contributed by atoms with van der Waals surface area (Å²) in [4.78, 5) is 2.12. The Kier molecular flexibility index (Phi) is 4.52. The maximum Gasteiger partial charge on any atom is 0.0612 e. The second kappa shape index (κ2) is 5.44. The molecule has 1 rings (SSSR count). The summed E-state index contributed by atoms with van der Waals surface area (Å²) in [5, 5.41) is 4.43. The minimum Gasteiger partial charge on any atom is -0.384 e. The molecule has 0 fully saturated rings. The van der Waals surface area contributed by atoms with Gasteiger partial charge in [0.2, 0.25) is 0 Å². The molecule has 0 aliphatic carbocycles. The van der Waals surface area contributed by atoms with Gasteiger partial charge in [0, 0.05) is 18.8 Å². The summed E-state index contributed by atoms with van der Waals surface area (Å²) in [6, 6.07) is 5.55. The minimum absolute atomic E-state index is 0.585. The summed E-state index contributed by atoms with van der Waals surface area (Å²) in [7, 11) is 4.08. The van der Waals surface area contributed by atoms with Crippen molar-refractivity contribution in [2.24, 2.45) is 0 Å². The van der Waals surface area contributed by atoms with Crippen molar-refractivity contribution in [3.05, 3.63) is 28.2 Å². The highest BCUT2D eigenvalue weighted by molar-refractivity contribution is 6.42. The molecule has 0 unspecified atom stereocenters. The van der Waals surface area contributed by atoms with E-state index in [1.54, 1.807) is 6.07 Å². The average Bonchev–Trinajstić information content (AvgIpc) is 2.10. The van der Waals surface area contributed by atoms with Crippen molar-refractivity contribution in [3.8, 4) is 0 Å². The molecule has 78 valence electrons. The van der Waals surface area contributed by atoms with Gasteiger partial charge in [0.15, 0.2) is 0 Å². The molecule has 0 spiro atoms.